The van der Waals surface area contributed by atoms with Crippen LogP contribution >= 0.6 is 0 Å². The summed E-state index contributed by atoms with van der Waals surface area (Å²) in [5, 5.41) is 18.7. The van der Waals surface area contributed by atoms with Gasteiger partial charge in [0.1, 0.15) is 35.2 Å². The summed E-state index contributed by atoms with van der Waals surface area (Å²) in [4.78, 5) is 22.0. The van der Waals surface area contributed by atoms with Gasteiger partial charge in [-0.05, 0) is 69.2 Å². The van der Waals surface area contributed by atoms with Crippen LogP contribution in [-0.4, -0.2) is 53.9 Å². The van der Waals surface area contributed by atoms with E-state index in [-0.39, 0.29) is 6.61 Å². The molecule has 0 radical (unpaired) electrons. The molecule has 0 unspecified atom stereocenters. The average Bonchev–Trinajstić information content (AvgIpc) is 3.62. The minimum Gasteiger partial charge on any atom is -0.497 e. The maximum atomic E-state index is 14.3. The molecule has 0 amide bonds. The summed E-state index contributed by atoms with van der Waals surface area (Å²) in [6, 6.07) is 57.2. The second-order valence-electron chi connectivity index (χ2n) is 15.5. The van der Waals surface area contributed by atoms with E-state index >= 15 is 0 Å². The number of rotatable bonds is 16. The summed E-state index contributed by atoms with van der Waals surface area (Å²) in [7, 11) is 3.25. The van der Waals surface area contributed by atoms with Gasteiger partial charge in [0.2, 0.25) is 0 Å². The molecule has 0 spiro atoms. The number of benzene rings is 6. The summed E-state index contributed by atoms with van der Waals surface area (Å²) < 4.78 is 25.8. The second-order valence-corrected chi connectivity index (χ2v) is 15.5. The van der Waals surface area contributed by atoms with E-state index in [9.17, 15) is 15.4 Å². The molecule has 2 heterocycles. The van der Waals surface area contributed by atoms with Gasteiger partial charge in [-0.25, -0.2) is 4.79 Å². The van der Waals surface area contributed by atoms with Crippen LogP contribution in [0.25, 0.3) is 10.4 Å². The zero-order valence-electron chi connectivity index (χ0n) is 35.2. The van der Waals surface area contributed by atoms with Gasteiger partial charge in [0.15, 0.2) is 5.72 Å². The van der Waals surface area contributed by atoms with Crippen LogP contribution in [0.5, 0.6) is 11.5 Å². The summed E-state index contributed by atoms with van der Waals surface area (Å²) in [5.41, 5.74) is 11.0. The number of azide groups is 1. The topological polar surface area (TPSA) is 153 Å². The number of aliphatic hydroxyl groups excluding tert-OH is 1. The van der Waals surface area contributed by atoms with Crippen molar-refractivity contribution in [2.75, 3.05) is 32.8 Å². The molecule has 1 aromatic heterocycles. The standard InChI is InChI=1S/C51H48N6O6/c1-36-46(62-35-49(37-16-8-4-9-17-37,38-18-10-5-11-19-38)39-24-28-43(60-2)29-25-39)50(34-58,55-56-52)63-47(36)57-33-32-45(53-48(57)59)54-51(40-20-12-6-13-21-40,41-22-14-7-15-23-41)42-26-30-44(61-3)31-27-42/h4-33,36,46-47,58H,34-35H2,1-3H3,(H,53,54,59)/t36-,46-,47+,50+/m0/s1. The Morgan fingerprint density at radius 2 is 1.16 bits per heavy atom. The lowest BCUT2D eigenvalue weighted by Crippen LogP contribution is -2.47. The van der Waals surface area contributed by atoms with Crippen molar-refractivity contribution in [1.29, 1.82) is 0 Å². The third kappa shape index (κ3) is 7.93. The van der Waals surface area contributed by atoms with Crippen LogP contribution in [0.2, 0.25) is 0 Å². The third-order valence-electron chi connectivity index (χ3n) is 12.1. The number of nitrogens with zero attached hydrogens (tertiary/aromatic N) is 5. The molecule has 318 valence electrons. The normalized spacial score (nSPS) is 18.6. The summed E-state index contributed by atoms with van der Waals surface area (Å²) in [5.74, 6) is 1.07. The molecule has 1 fully saturated rings. The van der Waals surface area contributed by atoms with Crippen LogP contribution in [0.1, 0.15) is 46.5 Å². The maximum absolute atomic E-state index is 14.3. The van der Waals surface area contributed by atoms with E-state index in [0.29, 0.717) is 17.3 Å². The van der Waals surface area contributed by atoms with Crippen molar-refractivity contribution in [3.63, 3.8) is 0 Å². The van der Waals surface area contributed by atoms with Gasteiger partial charge >= 0.3 is 5.69 Å². The fourth-order valence-electron chi connectivity index (χ4n) is 8.94. The first-order chi connectivity index (χ1) is 30.8. The summed E-state index contributed by atoms with van der Waals surface area (Å²) in [6.45, 7) is 1.18. The van der Waals surface area contributed by atoms with E-state index < -0.39 is 47.2 Å². The number of hydrogen-bond acceptors (Lipinski definition) is 9. The van der Waals surface area contributed by atoms with Crippen LogP contribution in [0, 0.1) is 5.92 Å². The molecule has 1 aliphatic heterocycles. The Labute approximate surface area is 366 Å². The SMILES string of the molecule is COc1ccc(C(CO[C@H]2[C@H](C)[C@H](n3ccc(NC(c4ccccc4)(c4ccccc4)c4ccc(OC)cc4)nc3=O)O[C@@]2(CO)N=[N+]=[N-])(c2ccccc2)c2ccccc2)cc1. The van der Waals surface area contributed by atoms with Gasteiger partial charge in [-0.15, -0.1) is 0 Å². The predicted molar refractivity (Wildman–Crippen MR) is 242 cm³/mol. The monoisotopic (exact) mass is 840 g/mol. The van der Waals surface area contributed by atoms with Crippen molar-refractivity contribution >= 4 is 5.82 Å². The third-order valence-corrected chi connectivity index (χ3v) is 12.1. The molecule has 8 rings (SSSR count). The Morgan fingerprint density at radius 3 is 1.60 bits per heavy atom. The van der Waals surface area contributed by atoms with Crippen LogP contribution < -0.4 is 20.5 Å². The highest BCUT2D eigenvalue weighted by molar-refractivity contribution is 5.58. The Hall–Kier alpha value is -7.21. The zero-order valence-corrected chi connectivity index (χ0v) is 35.2. The minimum atomic E-state index is -1.89. The highest BCUT2D eigenvalue weighted by Crippen LogP contribution is 2.47. The number of ether oxygens (including phenoxy) is 4. The van der Waals surface area contributed by atoms with Crippen molar-refractivity contribution in [2.45, 2.75) is 35.9 Å². The van der Waals surface area contributed by atoms with Gasteiger partial charge in [0.05, 0.1) is 32.8 Å². The molecule has 1 saturated heterocycles. The van der Waals surface area contributed by atoms with E-state index in [1.54, 1.807) is 26.5 Å². The maximum Gasteiger partial charge on any atom is 0.351 e. The smallest absolute Gasteiger partial charge is 0.351 e. The lowest BCUT2D eigenvalue weighted by molar-refractivity contribution is -0.139. The molecule has 4 atom stereocenters. The number of methoxy groups -OCH3 is 2. The summed E-state index contributed by atoms with van der Waals surface area (Å²) in [6.07, 6.45) is -0.457. The van der Waals surface area contributed by atoms with Crippen molar-refractivity contribution in [2.24, 2.45) is 11.0 Å². The minimum absolute atomic E-state index is 0.0452. The van der Waals surface area contributed by atoms with Gasteiger partial charge < -0.3 is 29.4 Å². The van der Waals surface area contributed by atoms with Crippen molar-refractivity contribution < 1.29 is 24.1 Å². The molecule has 2 N–H and O–H groups in total. The Bertz CT molecular complexity index is 2620. The van der Waals surface area contributed by atoms with E-state index in [2.05, 4.69) is 20.3 Å². The molecule has 12 nitrogen and oxygen atoms in total. The van der Waals surface area contributed by atoms with E-state index in [0.717, 1.165) is 33.4 Å². The summed E-state index contributed by atoms with van der Waals surface area (Å²) >= 11 is 0. The average molecular weight is 841 g/mol. The molecule has 0 saturated carbocycles. The lowest BCUT2D eigenvalue weighted by Gasteiger charge is -2.38. The fourth-order valence-corrected chi connectivity index (χ4v) is 8.94. The Morgan fingerprint density at radius 1 is 0.714 bits per heavy atom. The highest BCUT2D eigenvalue weighted by Gasteiger charge is 2.56. The van der Waals surface area contributed by atoms with Crippen molar-refractivity contribution in [1.82, 2.24) is 9.55 Å². The first-order valence-corrected chi connectivity index (χ1v) is 20.7. The number of nitrogens with one attached hydrogen (secondary N) is 1. The quantitative estimate of drug-likeness (QED) is 0.0423. The Kier molecular flexibility index (Phi) is 12.4. The predicted octanol–water partition coefficient (Wildman–Crippen LogP) is 9.25. The molecular weight excluding hydrogens is 793 g/mol. The van der Waals surface area contributed by atoms with Gasteiger partial charge in [-0.2, -0.15) is 4.98 Å². The van der Waals surface area contributed by atoms with Crippen LogP contribution in [0.15, 0.2) is 192 Å². The molecule has 0 bridgehead atoms. The van der Waals surface area contributed by atoms with Gasteiger partial charge in [0, 0.05) is 17.0 Å². The number of hydrogen-bond donors (Lipinski definition) is 2. The fraction of sp³-hybridized carbons (Fsp3) is 0.216. The Balaban J connectivity index is 1.18. The molecule has 1 aliphatic rings. The van der Waals surface area contributed by atoms with Gasteiger partial charge in [0.25, 0.3) is 0 Å². The highest BCUT2D eigenvalue weighted by atomic mass is 16.6. The first-order valence-electron chi connectivity index (χ1n) is 20.7. The zero-order chi connectivity index (χ0) is 43.9. The van der Waals surface area contributed by atoms with Crippen LogP contribution in [0.3, 0.4) is 0 Å². The molecule has 0 aliphatic carbocycles. The van der Waals surface area contributed by atoms with Crippen LogP contribution in [-0.2, 0) is 20.4 Å². The first kappa shape index (κ1) is 42.5. The van der Waals surface area contributed by atoms with Crippen molar-refractivity contribution in [3.8, 4) is 11.5 Å². The van der Waals surface area contributed by atoms with E-state index in [4.69, 9.17) is 18.9 Å². The largest absolute Gasteiger partial charge is 0.497 e. The van der Waals surface area contributed by atoms with Gasteiger partial charge in [-0.3, -0.25) is 4.57 Å². The van der Waals surface area contributed by atoms with Gasteiger partial charge in [-0.1, -0.05) is 158 Å². The molecule has 63 heavy (non-hydrogen) atoms. The second kappa shape index (κ2) is 18.4. The number of aromatic nitrogens is 2. The number of aliphatic hydroxyl groups is 1. The van der Waals surface area contributed by atoms with E-state index in [1.165, 1.54) is 4.57 Å². The van der Waals surface area contributed by atoms with E-state index in [1.807, 2.05) is 177 Å². The molecule has 7 aromatic rings. The number of anilines is 1. The lowest BCUT2D eigenvalue weighted by atomic mass is 9.70. The molecule has 12 heteroatoms. The molecule has 6 aromatic carbocycles. The van der Waals surface area contributed by atoms with Crippen LogP contribution in [0.4, 0.5) is 5.82 Å². The molecular formula is C51H48N6O6. The van der Waals surface area contributed by atoms with Crippen molar-refractivity contribution in [3.05, 3.63) is 236 Å².